The first-order valence-corrected chi connectivity index (χ1v) is 11.7. The van der Waals surface area contributed by atoms with Gasteiger partial charge in [-0.1, -0.05) is 25.5 Å². The van der Waals surface area contributed by atoms with Crippen molar-refractivity contribution < 1.29 is 14.2 Å². The summed E-state index contributed by atoms with van der Waals surface area (Å²) in [5.74, 6) is 2.45. The lowest BCUT2D eigenvalue weighted by Gasteiger charge is -2.32. The van der Waals surface area contributed by atoms with E-state index in [1.165, 1.54) is 24.8 Å². The molecule has 0 spiro atoms. The van der Waals surface area contributed by atoms with Gasteiger partial charge in [-0.15, -0.1) is 0 Å². The first kappa shape index (κ1) is 25.4. The molecule has 31 heavy (non-hydrogen) atoms. The Morgan fingerprint density at radius 1 is 1.03 bits per heavy atom. The maximum atomic E-state index is 5.59. The fraction of sp³-hybridized carbons (Fsp3) is 0.708. The van der Waals surface area contributed by atoms with Crippen LogP contribution in [0, 0.1) is 5.92 Å². The SMILES string of the molecule is CCCCOCCOCCNC(=NC)NCC1CCN(Cc2ccc(OC)cc2)CC1. The van der Waals surface area contributed by atoms with Gasteiger partial charge in [-0.3, -0.25) is 9.89 Å². The minimum atomic E-state index is 0.645. The molecule has 2 N–H and O–H groups in total. The number of methoxy groups -OCH3 is 1. The quantitative estimate of drug-likeness (QED) is 0.267. The fourth-order valence-electron chi connectivity index (χ4n) is 3.61. The number of rotatable bonds is 14. The molecule has 7 heteroatoms. The van der Waals surface area contributed by atoms with Gasteiger partial charge in [-0.25, -0.2) is 0 Å². The van der Waals surface area contributed by atoms with Crippen molar-refractivity contribution in [1.82, 2.24) is 15.5 Å². The third-order valence-electron chi connectivity index (χ3n) is 5.61. The van der Waals surface area contributed by atoms with Crippen molar-refractivity contribution in [2.45, 2.75) is 39.2 Å². The van der Waals surface area contributed by atoms with E-state index in [1.807, 2.05) is 19.2 Å². The molecular formula is C24H42N4O3. The lowest BCUT2D eigenvalue weighted by molar-refractivity contribution is 0.0487. The number of hydrogen-bond acceptors (Lipinski definition) is 5. The molecule has 176 valence electrons. The van der Waals surface area contributed by atoms with Gasteiger partial charge in [-0.2, -0.15) is 0 Å². The van der Waals surface area contributed by atoms with Crippen LogP contribution in [0.1, 0.15) is 38.2 Å². The smallest absolute Gasteiger partial charge is 0.191 e. The highest BCUT2D eigenvalue weighted by molar-refractivity contribution is 5.79. The van der Waals surface area contributed by atoms with Gasteiger partial charge >= 0.3 is 0 Å². The number of aliphatic imine (C=N–C) groups is 1. The maximum Gasteiger partial charge on any atom is 0.191 e. The van der Waals surface area contributed by atoms with Crippen LogP contribution in [0.2, 0.25) is 0 Å². The van der Waals surface area contributed by atoms with Crippen molar-refractivity contribution in [3.8, 4) is 5.75 Å². The molecule has 1 aromatic rings. The van der Waals surface area contributed by atoms with E-state index in [0.717, 1.165) is 57.5 Å². The Kier molecular flexibility index (Phi) is 13.0. The molecule has 0 amide bonds. The summed E-state index contributed by atoms with van der Waals surface area (Å²) in [7, 11) is 3.52. The van der Waals surface area contributed by atoms with Crippen LogP contribution < -0.4 is 15.4 Å². The van der Waals surface area contributed by atoms with E-state index in [4.69, 9.17) is 14.2 Å². The number of ether oxygens (including phenoxy) is 3. The van der Waals surface area contributed by atoms with Crippen molar-refractivity contribution in [3.05, 3.63) is 29.8 Å². The molecule has 1 heterocycles. The summed E-state index contributed by atoms with van der Waals surface area (Å²) in [6.07, 6.45) is 4.70. The third-order valence-corrected chi connectivity index (χ3v) is 5.61. The highest BCUT2D eigenvalue weighted by Gasteiger charge is 2.19. The molecule has 0 bridgehead atoms. The standard InChI is InChI=1S/C24H42N4O3/c1-4-5-15-30-17-18-31-16-12-26-24(25-2)27-19-21-10-13-28(14-11-21)20-22-6-8-23(29-3)9-7-22/h6-9,21H,4-5,10-20H2,1-3H3,(H2,25,26,27). The largest absolute Gasteiger partial charge is 0.497 e. The Labute approximate surface area is 188 Å². The molecule has 1 fully saturated rings. The van der Waals surface area contributed by atoms with Crippen molar-refractivity contribution in [2.75, 3.05) is 66.8 Å². The molecular weight excluding hydrogens is 392 g/mol. The Hall–Kier alpha value is -1.83. The van der Waals surface area contributed by atoms with E-state index in [1.54, 1.807) is 7.11 Å². The summed E-state index contributed by atoms with van der Waals surface area (Å²) in [5.41, 5.74) is 1.34. The molecule has 1 aliphatic heterocycles. The molecule has 2 rings (SSSR count). The second-order valence-electron chi connectivity index (χ2n) is 8.03. The number of nitrogens with one attached hydrogen (secondary N) is 2. The van der Waals surface area contributed by atoms with Crippen molar-refractivity contribution in [3.63, 3.8) is 0 Å². The zero-order chi connectivity index (χ0) is 22.2. The molecule has 7 nitrogen and oxygen atoms in total. The number of likely N-dealkylation sites (tertiary alicyclic amines) is 1. The topological polar surface area (TPSA) is 67.4 Å². The lowest BCUT2D eigenvalue weighted by Crippen LogP contribution is -2.43. The third kappa shape index (κ3) is 10.8. The van der Waals surface area contributed by atoms with Crippen LogP contribution in [0.5, 0.6) is 5.75 Å². The van der Waals surface area contributed by atoms with Gasteiger partial charge in [0.2, 0.25) is 0 Å². The highest BCUT2D eigenvalue weighted by atomic mass is 16.5. The summed E-state index contributed by atoms with van der Waals surface area (Å²) in [6, 6.07) is 8.39. The monoisotopic (exact) mass is 434 g/mol. The highest BCUT2D eigenvalue weighted by Crippen LogP contribution is 2.19. The number of guanidine groups is 1. The van der Waals surface area contributed by atoms with Crippen LogP contribution in [0.15, 0.2) is 29.3 Å². The number of piperidine rings is 1. The van der Waals surface area contributed by atoms with E-state index >= 15 is 0 Å². The number of unbranched alkanes of at least 4 members (excludes halogenated alkanes) is 1. The maximum absolute atomic E-state index is 5.59. The molecule has 0 atom stereocenters. The average Bonchev–Trinajstić information content (AvgIpc) is 2.81. The zero-order valence-electron chi connectivity index (χ0n) is 19.7. The van der Waals surface area contributed by atoms with Gasteiger partial charge in [0.05, 0.1) is 26.9 Å². The molecule has 1 aromatic carbocycles. The van der Waals surface area contributed by atoms with Crippen LogP contribution in [0.3, 0.4) is 0 Å². The fourth-order valence-corrected chi connectivity index (χ4v) is 3.61. The normalized spacial score (nSPS) is 15.8. The van der Waals surface area contributed by atoms with Crippen LogP contribution in [-0.2, 0) is 16.0 Å². The molecule has 0 radical (unpaired) electrons. The second-order valence-corrected chi connectivity index (χ2v) is 8.03. The van der Waals surface area contributed by atoms with E-state index in [-0.39, 0.29) is 0 Å². The van der Waals surface area contributed by atoms with E-state index < -0.39 is 0 Å². The number of hydrogen-bond donors (Lipinski definition) is 2. The van der Waals surface area contributed by atoms with Crippen LogP contribution in [-0.4, -0.2) is 77.6 Å². The van der Waals surface area contributed by atoms with Crippen molar-refractivity contribution in [1.29, 1.82) is 0 Å². The predicted molar refractivity (Wildman–Crippen MR) is 127 cm³/mol. The summed E-state index contributed by atoms with van der Waals surface area (Å²) < 4.78 is 16.3. The number of nitrogens with zero attached hydrogens (tertiary/aromatic N) is 2. The summed E-state index contributed by atoms with van der Waals surface area (Å²) in [6.45, 7) is 9.96. The Balaban J connectivity index is 1.52. The predicted octanol–water partition coefficient (Wildman–Crippen LogP) is 2.91. The number of benzene rings is 1. The zero-order valence-corrected chi connectivity index (χ0v) is 19.7. The van der Waals surface area contributed by atoms with Gasteiger partial charge in [0.15, 0.2) is 5.96 Å². The van der Waals surface area contributed by atoms with E-state index in [0.29, 0.717) is 25.7 Å². The van der Waals surface area contributed by atoms with E-state index in [9.17, 15) is 0 Å². The minimum absolute atomic E-state index is 0.645. The van der Waals surface area contributed by atoms with Gasteiger partial charge in [0.25, 0.3) is 0 Å². The minimum Gasteiger partial charge on any atom is -0.497 e. The lowest BCUT2D eigenvalue weighted by atomic mass is 9.96. The molecule has 0 aliphatic carbocycles. The molecule has 0 unspecified atom stereocenters. The molecule has 1 saturated heterocycles. The molecule has 0 aromatic heterocycles. The Morgan fingerprint density at radius 3 is 2.39 bits per heavy atom. The van der Waals surface area contributed by atoms with Gasteiger partial charge in [-0.05, 0) is 56.0 Å². The van der Waals surface area contributed by atoms with Crippen LogP contribution >= 0.6 is 0 Å². The molecule has 0 saturated carbocycles. The molecule has 1 aliphatic rings. The van der Waals surface area contributed by atoms with Gasteiger partial charge in [0, 0.05) is 33.3 Å². The summed E-state index contributed by atoms with van der Waals surface area (Å²) in [4.78, 5) is 6.85. The van der Waals surface area contributed by atoms with Crippen LogP contribution in [0.25, 0.3) is 0 Å². The Bertz CT molecular complexity index is 601. The first-order chi connectivity index (χ1) is 15.2. The van der Waals surface area contributed by atoms with Gasteiger partial charge < -0.3 is 24.8 Å². The van der Waals surface area contributed by atoms with Crippen molar-refractivity contribution in [2.24, 2.45) is 10.9 Å². The Morgan fingerprint density at radius 2 is 1.74 bits per heavy atom. The summed E-state index contributed by atoms with van der Waals surface area (Å²) in [5, 5.41) is 6.79. The van der Waals surface area contributed by atoms with E-state index in [2.05, 4.69) is 39.6 Å². The second kappa shape index (κ2) is 15.9. The first-order valence-electron chi connectivity index (χ1n) is 11.7. The van der Waals surface area contributed by atoms with Gasteiger partial charge in [0.1, 0.15) is 5.75 Å². The average molecular weight is 435 g/mol. The summed E-state index contributed by atoms with van der Waals surface area (Å²) >= 11 is 0. The van der Waals surface area contributed by atoms with Crippen LogP contribution in [0.4, 0.5) is 0 Å². The van der Waals surface area contributed by atoms with Crippen molar-refractivity contribution >= 4 is 5.96 Å².